The molecule has 26 heavy (non-hydrogen) atoms. The van der Waals surface area contributed by atoms with Crippen molar-refractivity contribution in [2.75, 3.05) is 0 Å². The highest BCUT2D eigenvalue weighted by atomic mass is 16.5. The van der Waals surface area contributed by atoms with Gasteiger partial charge < -0.3 is 9.84 Å². The van der Waals surface area contributed by atoms with Crippen molar-refractivity contribution in [2.45, 2.75) is 25.4 Å². The summed E-state index contributed by atoms with van der Waals surface area (Å²) in [7, 11) is 0. The van der Waals surface area contributed by atoms with E-state index in [-0.39, 0.29) is 5.92 Å². The van der Waals surface area contributed by atoms with Crippen LogP contribution in [0.5, 0.6) is 5.75 Å². The first-order chi connectivity index (χ1) is 12.8. The second-order valence-corrected chi connectivity index (χ2v) is 6.56. The fraction of sp³-hybridized carbons (Fsp3) is 0.167. The molecule has 0 amide bonds. The van der Waals surface area contributed by atoms with Gasteiger partial charge in [-0.05, 0) is 18.1 Å². The normalized spacial score (nSPS) is 17.4. The van der Waals surface area contributed by atoms with Gasteiger partial charge in [0.1, 0.15) is 11.5 Å². The monoisotopic (exact) mass is 342 g/mol. The van der Waals surface area contributed by atoms with E-state index in [1.165, 1.54) is 5.56 Å². The molecular formula is C24H22O2. The van der Waals surface area contributed by atoms with Crippen molar-refractivity contribution in [2.24, 2.45) is 0 Å². The Kier molecular flexibility index (Phi) is 4.59. The molecule has 2 atom stereocenters. The van der Waals surface area contributed by atoms with E-state index < -0.39 is 6.10 Å². The quantitative estimate of drug-likeness (QED) is 0.688. The van der Waals surface area contributed by atoms with E-state index in [9.17, 15) is 5.11 Å². The van der Waals surface area contributed by atoms with Gasteiger partial charge in [-0.1, -0.05) is 85.8 Å². The molecule has 1 heterocycles. The van der Waals surface area contributed by atoms with Crippen LogP contribution >= 0.6 is 0 Å². The topological polar surface area (TPSA) is 29.5 Å². The predicted octanol–water partition coefficient (Wildman–Crippen LogP) is 5.39. The molecule has 2 nitrogen and oxygen atoms in total. The third kappa shape index (κ3) is 2.93. The number of para-hydroxylation sites is 1. The first-order valence-electron chi connectivity index (χ1n) is 9.09. The zero-order valence-electron chi connectivity index (χ0n) is 14.8. The molecule has 2 heteroatoms. The van der Waals surface area contributed by atoms with E-state index in [0.29, 0.717) is 6.42 Å². The van der Waals surface area contributed by atoms with E-state index in [2.05, 4.69) is 18.2 Å². The van der Waals surface area contributed by atoms with Gasteiger partial charge in [0.2, 0.25) is 0 Å². The fourth-order valence-corrected chi connectivity index (χ4v) is 3.66. The summed E-state index contributed by atoms with van der Waals surface area (Å²) in [5, 5.41) is 10.9. The number of aliphatic hydroxyl groups is 1. The maximum atomic E-state index is 10.9. The summed E-state index contributed by atoms with van der Waals surface area (Å²) < 4.78 is 6.32. The Morgan fingerprint density at radius 1 is 0.846 bits per heavy atom. The highest BCUT2D eigenvalue weighted by molar-refractivity contribution is 5.73. The zero-order chi connectivity index (χ0) is 17.9. The lowest BCUT2D eigenvalue weighted by Gasteiger charge is -2.33. The van der Waals surface area contributed by atoms with Gasteiger partial charge in [0.05, 0.1) is 6.10 Å². The van der Waals surface area contributed by atoms with Crippen LogP contribution in [0.25, 0.3) is 5.76 Å². The first-order valence-corrected chi connectivity index (χ1v) is 9.09. The molecule has 0 aliphatic carbocycles. The molecule has 0 unspecified atom stereocenters. The molecule has 0 saturated carbocycles. The maximum absolute atomic E-state index is 10.9. The van der Waals surface area contributed by atoms with Crippen LogP contribution in [0.3, 0.4) is 0 Å². The SMILES string of the molecule is CC[C@H](O)C1=C(c2ccccc2)Oc2ccccc2[C@@H]1c1ccccc1. The van der Waals surface area contributed by atoms with Gasteiger partial charge in [-0.2, -0.15) is 0 Å². The number of ether oxygens (including phenoxy) is 1. The highest BCUT2D eigenvalue weighted by Crippen LogP contribution is 2.47. The van der Waals surface area contributed by atoms with Crippen molar-refractivity contribution >= 4 is 5.76 Å². The van der Waals surface area contributed by atoms with Crippen LogP contribution in [-0.4, -0.2) is 11.2 Å². The van der Waals surface area contributed by atoms with Gasteiger partial charge in [0, 0.05) is 22.6 Å². The maximum Gasteiger partial charge on any atom is 0.137 e. The highest BCUT2D eigenvalue weighted by Gasteiger charge is 2.34. The number of hydrogen-bond donors (Lipinski definition) is 1. The average molecular weight is 342 g/mol. The van der Waals surface area contributed by atoms with Crippen molar-refractivity contribution in [1.82, 2.24) is 0 Å². The van der Waals surface area contributed by atoms with E-state index in [1.54, 1.807) is 0 Å². The number of fused-ring (bicyclic) bond motifs is 1. The third-order valence-corrected chi connectivity index (χ3v) is 4.93. The summed E-state index contributed by atoms with van der Waals surface area (Å²) in [5.74, 6) is 1.60. The van der Waals surface area contributed by atoms with Crippen molar-refractivity contribution < 1.29 is 9.84 Å². The minimum absolute atomic E-state index is 0.0219. The largest absolute Gasteiger partial charge is 0.456 e. The number of rotatable bonds is 4. The fourth-order valence-electron chi connectivity index (χ4n) is 3.66. The Labute approximate surface area is 154 Å². The van der Waals surface area contributed by atoms with E-state index in [0.717, 1.165) is 28.2 Å². The molecule has 1 aliphatic rings. The minimum atomic E-state index is -0.566. The minimum Gasteiger partial charge on any atom is -0.456 e. The molecule has 1 aliphatic heterocycles. The number of benzene rings is 3. The van der Waals surface area contributed by atoms with Crippen molar-refractivity contribution in [3.05, 3.63) is 107 Å². The summed E-state index contributed by atoms with van der Waals surface area (Å²) in [6.07, 6.45) is 0.0735. The standard InChI is InChI=1S/C24H22O2/c1-2-20(25)23-22(17-11-5-3-6-12-17)19-15-9-10-16-21(19)26-24(23)18-13-7-4-8-14-18/h3-16,20,22,25H,2H2,1H3/t20-,22-/m0/s1. The van der Waals surface area contributed by atoms with Gasteiger partial charge in [-0.25, -0.2) is 0 Å². The van der Waals surface area contributed by atoms with Crippen LogP contribution in [0.4, 0.5) is 0 Å². The van der Waals surface area contributed by atoms with Crippen LogP contribution in [-0.2, 0) is 0 Å². The Bertz CT molecular complexity index is 913. The Morgan fingerprint density at radius 2 is 1.46 bits per heavy atom. The van der Waals surface area contributed by atoms with E-state index in [1.807, 2.05) is 73.7 Å². The van der Waals surface area contributed by atoms with Crippen LogP contribution in [0.15, 0.2) is 90.5 Å². The van der Waals surface area contributed by atoms with Gasteiger partial charge in [-0.15, -0.1) is 0 Å². The lowest BCUT2D eigenvalue weighted by atomic mass is 9.78. The summed E-state index contributed by atoms with van der Waals surface area (Å²) in [4.78, 5) is 0. The summed E-state index contributed by atoms with van der Waals surface area (Å²) in [6.45, 7) is 2.00. The summed E-state index contributed by atoms with van der Waals surface area (Å²) >= 11 is 0. The average Bonchev–Trinajstić information content (AvgIpc) is 2.73. The van der Waals surface area contributed by atoms with Crippen LogP contribution in [0, 0.1) is 0 Å². The molecule has 0 aromatic heterocycles. The van der Waals surface area contributed by atoms with Crippen molar-refractivity contribution in [3.8, 4) is 5.75 Å². The number of aliphatic hydroxyl groups excluding tert-OH is 1. The molecule has 4 rings (SSSR count). The first kappa shape index (κ1) is 16.6. The molecule has 3 aromatic carbocycles. The molecule has 0 saturated heterocycles. The van der Waals surface area contributed by atoms with Crippen molar-refractivity contribution in [3.63, 3.8) is 0 Å². The molecule has 0 fully saturated rings. The molecule has 130 valence electrons. The number of hydrogen-bond acceptors (Lipinski definition) is 2. The Hall–Kier alpha value is -2.84. The van der Waals surface area contributed by atoms with Crippen LogP contribution < -0.4 is 4.74 Å². The lowest BCUT2D eigenvalue weighted by molar-refractivity contribution is 0.197. The molecular weight excluding hydrogens is 320 g/mol. The molecule has 0 radical (unpaired) electrons. The Morgan fingerprint density at radius 3 is 2.15 bits per heavy atom. The van der Waals surface area contributed by atoms with Crippen LogP contribution in [0.2, 0.25) is 0 Å². The summed E-state index contributed by atoms with van der Waals surface area (Å²) in [6, 6.07) is 28.5. The van der Waals surface area contributed by atoms with Gasteiger partial charge in [0.15, 0.2) is 0 Å². The third-order valence-electron chi connectivity index (χ3n) is 4.93. The predicted molar refractivity (Wildman–Crippen MR) is 105 cm³/mol. The summed E-state index contributed by atoms with van der Waals surface area (Å²) in [5.41, 5.74) is 4.19. The van der Waals surface area contributed by atoms with Gasteiger partial charge in [0.25, 0.3) is 0 Å². The second-order valence-electron chi connectivity index (χ2n) is 6.56. The van der Waals surface area contributed by atoms with Crippen LogP contribution in [0.1, 0.15) is 36.0 Å². The molecule has 0 spiro atoms. The molecule has 1 N–H and O–H groups in total. The van der Waals surface area contributed by atoms with E-state index in [4.69, 9.17) is 4.74 Å². The molecule has 0 bridgehead atoms. The van der Waals surface area contributed by atoms with E-state index >= 15 is 0 Å². The van der Waals surface area contributed by atoms with Gasteiger partial charge >= 0.3 is 0 Å². The molecule has 3 aromatic rings. The van der Waals surface area contributed by atoms with Crippen molar-refractivity contribution in [1.29, 1.82) is 0 Å². The zero-order valence-corrected chi connectivity index (χ0v) is 14.8. The van der Waals surface area contributed by atoms with Gasteiger partial charge in [-0.3, -0.25) is 0 Å². The smallest absolute Gasteiger partial charge is 0.137 e. The Balaban J connectivity index is 1.99. The lowest BCUT2D eigenvalue weighted by Crippen LogP contribution is -2.24. The second kappa shape index (κ2) is 7.19.